The molecule has 0 radical (unpaired) electrons. The van der Waals surface area contributed by atoms with E-state index >= 15 is 0 Å². The molecule has 5 nitrogen and oxygen atoms in total. The summed E-state index contributed by atoms with van der Waals surface area (Å²) in [6.07, 6.45) is 0.376. The molecule has 1 amide bonds. The van der Waals surface area contributed by atoms with Crippen LogP contribution in [-0.4, -0.2) is 36.6 Å². The smallest absolute Gasteiger partial charge is 0.328 e. The van der Waals surface area contributed by atoms with Gasteiger partial charge in [0.05, 0.1) is 6.42 Å². The molecule has 0 aromatic heterocycles. The molecule has 2 rings (SSSR count). The monoisotopic (exact) mass is 262 g/mol. The SMILES string of the molecule is CN1C(=O)Cc2cc(N(C)C(C)(C)C(=O)O)ccc21. The summed E-state index contributed by atoms with van der Waals surface area (Å²) in [5, 5.41) is 9.25. The fourth-order valence-corrected chi connectivity index (χ4v) is 2.13. The number of hydrogen-bond acceptors (Lipinski definition) is 3. The van der Waals surface area contributed by atoms with E-state index in [0.717, 1.165) is 16.9 Å². The van der Waals surface area contributed by atoms with Crippen molar-refractivity contribution in [1.82, 2.24) is 0 Å². The summed E-state index contributed by atoms with van der Waals surface area (Å²) in [6.45, 7) is 3.31. The average Bonchev–Trinajstić information content (AvgIpc) is 2.63. The molecular weight excluding hydrogens is 244 g/mol. The first-order valence-electron chi connectivity index (χ1n) is 6.12. The van der Waals surface area contributed by atoms with E-state index in [1.54, 1.807) is 37.7 Å². The van der Waals surface area contributed by atoms with E-state index in [2.05, 4.69) is 0 Å². The Kier molecular flexibility index (Phi) is 3.00. The molecule has 1 aromatic carbocycles. The zero-order valence-corrected chi connectivity index (χ0v) is 11.6. The number of hydrogen-bond donors (Lipinski definition) is 1. The molecule has 0 aliphatic carbocycles. The molecule has 5 heteroatoms. The van der Waals surface area contributed by atoms with Crippen molar-refractivity contribution in [2.45, 2.75) is 25.8 Å². The van der Waals surface area contributed by atoms with Crippen molar-refractivity contribution in [2.75, 3.05) is 23.9 Å². The van der Waals surface area contributed by atoms with Gasteiger partial charge in [0.1, 0.15) is 5.54 Å². The van der Waals surface area contributed by atoms with E-state index in [-0.39, 0.29) is 5.91 Å². The van der Waals surface area contributed by atoms with Gasteiger partial charge in [0.15, 0.2) is 0 Å². The standard InChI is InChI=1S/C14H18N2O3/c1-14(2,13(18)19)16(4)10-5-6-11-9(7-10)8-12(17)15(11)3/h5-7H,8H2,1-4H3,(H,18,19). The molecule has 0 atom stereocenters. The van der Waals surface area contributed by atoms with Crippen LogP contribution >= 0.6 is 0 Å². The molecule has 0 fully saturated rings. The Bertz CT molecular complexity index is 552. The van der Waals surface area contributed by atoms with Crippen LogP contribution in [0.3, 0.4) is 0 Å². The maximum Gasteiger partial charge on any atom is 0.328 e. The number of benzene rings is 1. The second kappa shape index (κ2) is 4.26. The van der Waals surface area contributed by atoms with E-state index in [1.165, 1.54) is 0 Å². The second-order valence-electron chi connectivity index (χ2n) is 5.37. The molecule has 1 N–H and O–H groups in total. The summed E-state index contributed by atoms with van der Waals surface area (Å²) < 4.78 is 0. The van der Waals surface area contributed by atoms with Crippen molar-refractivity contribution in [3.8, 4) is 0 Å². The van der Waals surface area contributed by atoms with Crippen LogP contribution in [0, 0.1) is 0 Å². The highest BCUT2D eigenvalue weighted by Crippen LogP contribution is 2.32. The van der Waals surface area contributed by atoms with Gasteiger partial charge < -0.3 is 14.9 Å². The van der Waals surface area contributed by atoms with Crippen molar-refractivity contribution in [3.05, 3.63) is 23.8 Å². The Morgan fingerprint density at radius 1 is 1.42 bits per heavy atom. The molecule has 19 heavy (non-hydrogen) atoms. The van der Waals surface area contributed by atoms with Crippen molar-refractivity contribution >= 4 is 23.3 Å². The van der Waals surface area contributed by atoms with Crippen molar-refractivity contribution in [1.29, 1.82) is 0 Å². The highest BCUT2D eigenvalue weighted by atomic mass is 16.4. The van der Waals surface area contributed by atoms with E-state index in [9.17, 15) is 14.7 Å². The number of carbonyl (C=O) groups is 2. The first kappa shape index (κ1) is 13.4. The Hall–Kier alpha value is -2.04. The second-order valence-corrected chi connectivity index (χ2v) is 5.37. The molecule has 1 aliphatic heterocycles. The van der Waals surface area contributed by atoms with Crippen molar-refractivity contribution in [2.24, 2.45) is 0 Å². The maximum absolute atomic E-state index is 11.6. The van der Waals surface area contributed by atoms with Gasteiger partial charge in [-0.1, -0.05) is 0 Å². The van der Waals surface area contributed by atoms with Gasteiger partial charge in [0.2, 0.25) is 5.91 Å². The summed E-state index contributed by atoms with van der Waals surface area (Å²) in [5.74, 6) is -0.823. The van der Waals surface area contributed by atoms with Gasteiger partial charge in [0, 0.05) is 25.5 Å². The zero-order valence-electron chi connectivity index (χ0n) is 11.6. The third-order valence-corrected chi connectivity index (χ3v) is 3.89. The molecule has 0 spiro atoms. The molecule has 1 heterocycles. The molecular formula is C14H18N2O3. The number of rotatable bonds is 3. The molecule has 102 valence electrons. The van der Waals surface area contributed by atoms with Crippen LogP contribution in [0.5, 0.6) is 0 Å². The number of carbonyl (C=O) groups excluding carboxylic acids is 1. The fraction of sp³-hybridized carbons (Fsp3) is 0.429. The number of fused-ring (bicyclic) bond motifs is 1. The zero-order chi connectivity index (χ0) is 14.4. The van der Waals surface area contributed by atoms with Gasteiger partial charge in [-0.25, -0.2) is 4.79 Å². The Labute approximate surface area is 112 Å². The lowest BCUT2D eigenvalue weighted by Crippen LogP contribution is -2.48. The van der Waals surface area contributed by atoms with E-state index in [0.29, 0.717) is 6.42 Å². The van der Waals surface area contributed by atoms with Crippen LogP contribution < -0.4 is 9.80 Å². The summed E-state index contributed by atoms with van der Waals surface area (Å²) in [5.41, 5.74) is 1.64. The van der Waals surface area contributed by atoms with Crippen LogP contribution in [0.15, 0.2) is 18.2 Å². The lowest BCUT2D eigenvalue weighted by atomic mass is 10.0. The number of amides is 1. The normalized spacial score (nSPS) is 14.5. The van der Waals surface area contributed by atoms with Crippen molar-refractivity contribution < 1.29 is 14.7 Å². The lowest BCUT2D eigenvalue weighted by molar-refractivity contribution is -0.142. The minimum absolute atomic E-state index is 0.0623. The summed E-state index contributed by atoms with van der Waals surface area (Å²) in [6, 6.07) is 5.60. The predicted octanol–water partition coefficient (Wildman–Crippen LogP) is 1.50. The molecule has 1 aliphatic rings. The molecule has 1 aromatic rings. The Morgan fingerprint density at radius 3 is 2.63 bits per heavy atom. The number of aliphatic carboxylic acids is 1. The van der Waals surface area contributed by atoms with Gasteiger partial charge in [-0.2, -0.15) is 0 Å². The Morgan fingerprint density at radius 2 is 2.05 bits per heavy atom. The van der Waals surface area contributed by atoms with Crippen LogP contribution in [0.1, 0.15) is 19.4 Å². The molecule has 0 bridgehead atoms. The number of anilines is 2. The largest absolute Gasteiger partial charge is 0.480 e. The van der Waals surface area contributed by atoms with E-state index in [1.807, 2.05) is 18.2 Å². The van der Waals surface area contributed by atoms with Gasteiger partial charge >= 0.3 is 5.97 Å². The fourth-order valence-electron chi connectivity index (χ4n) is 2.13. The van der Waals surface area contributed by atoms with Crippen LogP contribution in [0.2, 0.25) is 0 Å². The van der Waals surface area contributed by atoms with Gasteiger partial charge in [0.25, 0.3) is 0 Å². The first-order valence-corrected chi connectivity index (χ1v) is 6.12. The molecule has 0 saturated heterocycles. The number of carboxylic acids is 1. The average molecular weight is 262 g/mol. The topological polar surface area (TPSA) is 60.9 Å². The quantitative estimate of drug-likeness (QED) is 0.897. The maximum atomic E-state index is 11.6. The van der Waals surface area contributed by atoms with Crippen LogP contribution in [0.4, 0.5) is 11.4 Å². The third-order valence-electron chi connectivity index (χ3n) is 3.89. The summed E-state index contributed by atoms with van der Waals surface area (Å²) >= 11 is 0. The van der Waals surface area contributed by atoms with Crippen molar-refractivity contribution in [3.63, 3.8) is 0 Å². The minimum Gasteiger partial charge on any atom is -0.480 e. The van der Waals surface area contributed by atoms with E-state index < -0.39 is 11.5 Å². The van der Waals surface area contributed by atoms with Crippen LogP contribution in [-0.2, 0) is 16.0 Å². The molecule has 0 unspecified atom stereocenters. The van der Waals surface area contributed by atoms with Gasteiger partial charge in [-0.05, 0) is 37.6 Å². The minimum atomic E-state index is -0.997. The lowest BCUT2D eigenvalue weighted by Gasteiger charge is -2.33. The van der Waals surface area contributed by atoms with Crippen LogP contribution in [0.25, 0.3) is 0 Å². The predicted molar refractivity (Wildman–Crippen MR) is 73.7 cm³/mol. The van der Waals surface area contributed by atoms with Gasteiger partial charge in [-0.3, -0.25) is 4.79 Å². The summed E-state index contributed by atoms with van der Waals surface area (Å²) in [7, 11) is 3.50. The highest BCUT2D eigenvalue weighted by molar-refractivity contribution is 6.01. The number of likely N-dealkylation sites (N-methyl/N-ethyl adjacent to an activating group) is 2. The number of carboxylic acid groups (broad SMARTS) is 1. The highest BCUT2D eigenvalue weighted by Gasteiger charge is 2.33. The third kappa shape index (κ3) is 2.05. The van der Waals surface area contributed by atoms with Gasteiger partial charge in [-0.15, -0.1) is 0 Å². The molecule has 0 saturated carbocycles. The first-order chi connectivity index (χ1) is 8.75. The number of nitrogens with zero attached hydrogens (tertiary/aromatic N) is 2. The van der Waals surface area contributed by atoms with E-state index in [4.69, 9.17) is 0 Å². The summed E-state index contributed by atoms with van der Waals surface area (Å²) in [4.78, 5) is 26.2. The Balaban J connectivity index is 2.37.